The number of rotatable bonds is 7. The van der Waals surface area contributed by atoms with Gasteiger partial charge in [0.2, 0.25) is 11.8 Å². The average Bonchev–Trinajstić information content (AvgIpc) is 3.11. The van der Waals surface area contributed by atoms with Crippen LogP contribution in [0.2, 0.25) is 5.02 Å². The maximum Gasteiger partial charge on any atom is 0.410 e. The Labute approximate surface area is 175 Å². The van der Waals surface area contributed by atoms with Gasteiger partial charge in [0.1, 0.15) is 18.9 Å². The highest BCUT2D eigenvalue weighted by Crippen LogP contribution is 2.28. The number of carbonyl (C=O) groups is 3. The Morgan fingerprint density at radius 2 is 2.17 bits per heavy atom. The Balaban J connectivity index is 1.46. The third kappa shape index (κ3) is 5.76. The van der Waals surface area contributed by atoms with Gasteiger partial charge in [-0.05, 0) is 43.4 Å². The van der Waals surface area contributed by atoms with Crippen LogP contribution in [-0.2, 0) is 14.3 Å². The highest BCUT2D eigenvalue weighted by molar-refractivity contribution is 6.31. The maximum absolute atomic E-state index is 12.5. The van der Waals surface area contributed by atoms with E-state index in [1.54, 1.807) is 23.1 Å². The summed E-state index contributed by atoms with van der Waals surface area (Å²) in [6, 6.07) is 5.06. The second-order valence-electron chi connectivity index (χ2n) is 7.32. The predicted octanol–water partition coefficient (Wildman–Crippen LogP) is 2.76. The van der Waals surface area contributed by atoms with Crippen LogP contribution in [0.15, 0.2) is 18.2 Å². The zero-order valence-electron chi connectivity index (χ0n) is 16.5. The molecule has 0 bridgehead atoms. The first kappa shape index (κ1) is 21.2. The summed E-state index contributed by atoms with van der Waals surface area (Å²) in [6.45, 7) is 2.14. The summed E-state index contributed by atoms with van der Waals surface area (Å²) in [4.78, 5) is 39.6. The number of carbonyl (C=O) groups excluding carboxylic acids is 3. The molecular formula is C20H26ClN3O5. The number of amides is 3. The molecule has 2 aliphatic heterocycles. The fourth-order valence-electron chi connectivity index (χ4n) is 3.69. The second kappa shape index (κ2) is 9.82. The van der Waals surface area contributed by atoms with Crippen LogP contribution in [0.5, 0.6) is 5.75 Å². The molecule has 9 heteroatoms. The summed E-state index contributed by atoms with van der Waals surface area (Å²) in [5, 5.41) is 3.36. The molecule has 29 heavy (non-hydrogen) atoms. The number of hydrogen-bond donors (Lipinski definition) is 1. The van der Waals surface area contributed by atoms with Crippen LogP contribution < -0.4 is 10.1 Å². The third-order valence-corrected chi connectivity index (χ3v) is 5.49. The minimum absolute atomic E-state index is 0.0562. The Hall–Kier alpha value is -2.48. The van der Waals surface area contributed by atoms with Crippen LogP contribution in [0.4, 0.5) is 10.5 Å². The molecule has 2 fully saturated rings. The first-order chi connectivity index (χ1) is 14.0. The SMILES string of the molecule is COc1ccc(Cl)cc1NC(=O)CCC1CCCN(C(=O)CN2CCOC2=O)C1. The lowest BCUT2D eigenvalue weighted by atomic mass is 9.93. The zero-order valence-corrected chi connectivity index (χ0v) is 17.2. The molecule has 1 atom stereocenters. The van der Waals surface area contributed by atoms with E-state index in [1.165, 1.54) is 12.0 Å². The van der Waals surface area contributed by atoms with Gasteiger partial charge in [-0.15, -0.1) is 0 Å². The van der Waals surface area contributed by atoms with Gasteiger partial charge in [-0.1, -0.05) is 11.6 Å². The Bertz CT molecular complexity index is 772. The molecule has 0 saturated carbocycles. The fourth-order valence-corrected chi connectivity index (χ4v) is 3.86. The number of hydrogen-bond acceptors (Lipinski definition) is 5. The predicted molar refractivity (Wildman–Crippen MR) is 108 cm³/mol. The lowest BCUT2D eigenvalue weighted by molar-refractivity contribution is -0.133. The van der Waals surface area contributed by atoms with E-state index in [4.69, 9.17) is 21.1 Å². The summed E-state index contributed by atoms with van der Waals surface area (Å²) in [5.41, 5.74) is 0.544. The number of piperidine rings is 1. The summed E-state index contributed by atoms with van der Waals surface area (Å²) >= 11 is 5.99. The molecule has 3 rings (SSSR count). The largest absolute Gasteiger partial charge is 0.495 e. The maximum atomic E-state index is 12.5. The fraction of sp³-hybridized carbons (Fsp3) is 0.550. The molecule has 158 valence electrons. The van der Waals surface area contributed by atoms with Crippen LogP contribution >= 0.6 is 11.6 Å². The Kier molecular flexibility index (Phi) is 7.19. The molecule has 2 heterocycles. The second-order valence-corrected chi connectivity index (χ2v) is 7.75. The molecule has 0 aliphatic carbocycles. The first-order valence-electron chi connectivity index (χ1n) is 9.79. The van der Waals surface area contributed by atoms with Gasteiger partial charge in [0, 0.05) is 24.5 Å². The van der Waals surface area contributed by atoms with Gasteiger partial charge in [0.25, 0.3) is 0 Å². The number of nitrogens with zero attached hydrogens (tertiary/aromatic N) is 2. The van der Waals surface area contributed by atoms with Crippen molar-refractivity contribution >= 4 is 35.2 Å². The first-order valence-corrected chi connectivity index (χ1v) is 10.2. The van der Waals surface area contributed by atoms with E-state index in [9.17, 15) is 14.4 Å². The van der Waals surface area contributed by atoms with Crippen molar-refractivity contribution in [3.05, 3.63) is 23.2 Å². The molecule has 0 spiro atoms. The van der Waals surface area contributed by atoms with Crippen LogP contribution in [0.25, 0.3) is 0 Å². The number of likely N-dealkylation sites (tertiary alicyclic amines) is 1. The molecule has 1 N–H and O–H groups in total. The van der Waals surface area contributed by atoms with Crippen molar-refractivity contribution in [1.29, 1.82) is 0 Å². The Morgan fingerprint density at radius 3 is 2.90 bits per heavy atom. The van der Waals surface area contributed by atoms with Gasteiger partial charge in [0.05, 0.1) is 19.3 Å². The number of ether oxygens (including phenoxy) is 2. The van der Waals surface area contributed by atoms with Gasteiger partial charge in [-0.2, -0.15) is 0 Å². The van der Waals surface area contributed by atoms with Gasteiger partial charge >= 0.3 is 6.09 Å². The molecule has 0 radical (unpaired) electrons. The topological polar surface area (TPSA) is 88.2 Å². The van der Waals surface area contributed by atoms with Crippen molar-refractivity contribution in [2.75, 3.05) is 45.2 Å². The quantitative estimate of drug-likeness (QED) is 0.728. The van der Waals surface area contributed by atoms with E-state index in [-0.39, 0.29) is 24.3 Å². The van der Waals surface area contributed by atoms with Crippen molar-refractivity contribution < 1.29 is 23.9 Å². The number of anilines is 1. The van der Waals surface area contributed by atoms with E-state index in [0.29, 0.717) is 55.5 Å². The summed E-state index contributed by atoms with van der Waals surface area (Å²) in [5.74, 6) is 0.623. The number of nitrogens with one attached hydrogen (secondary N) is 1. The zero-order chi connectivity index (χ0) is 20.8. The van der Waals surface area contributed by atoms with Crippen molar-refractivity contribution in [3.63, 3.8) is 0 Å². The van der Waals surface area contributed by atoms with Crippen molar-refractivity contribution in [3.8, 4) is 5.75 Å². The third-order valence-electron chi connectivity index (χ3n) is 5.26. The minimum atomic E-state index is -0.431. The molecule has 1 aromatic carbocycles. The van der Waals surface area contributed by atoms with Crippen LogP contribution in [0, 0.1) is 5.92 Å². The van der Waals surface area contributed by atoms with Crippen LogP contribution in [-0.4, -0.2) is 67.6 Å². The molecule has 2 aliphatic rings. The van der Waals surface area contributed by atoms with Crippen molar-refractivity contribution in [1.82, 2.24) is 9.80 Å². The van der Waals surface area contributed by atoms with E-state index >= 15 is 0 Å². The highest BCUT2D eigenvalue weighted by atomic mass is 35.5. The summed E-state index contributed by atoms with van der Waals surface area (Å²) < 4.78 is 10.1. The minimum Gasteiger partial charge on any atom is -0.495 e. The van der Waals surface area contributed by atoms with Gasteiger partial charge in [0.15, 0.2) is 0 Å². The van der Waals surface area contributed by atoms with E-state index in [1.807, 2.05) is 0 Å². The highest BCUT2D eigenvalue weighted by Gasteiger charge is 2.29. The Morgan fingerprint density at radius 1 is 1.34 bits per heavy atom. The van der Waals surface area contributed by atoms with Crippen molar-refractivity contribution in [2.24, 2.45) is 5.92 Å². The lowest BCUT2D eigenvalue weighted by Crippen LogP contribution is -2.45. The van der Waals surface area contributed by atoms with Crippen LogP contribution in [0.3, 0.4) is 0 Å². The normalized spacial score (nSPS) is 19.1. The smallest absolute Gasteiger partial charge is 0.410 e. The van der Waals surface area contributed by atoms with Crippen LogP contribution in [0.1, 0.15) is 25.7 Å². The summed E-state index contributed by atoms with van der Waals surface area (Å²) in [7, 11) is 1.54. The lowest BCUT2D eigenvalue weighted by Gasteiger charge is -2.33. The van der Waals surface area contributed by atoms with Gasteiger partial charge in [-0.3, -0.25) is 14.5 Å². The number of cyclic esters (lactones) is 1. The molecule has 3 amide bonds. The number of halogens is 1. The molecule has 1 unspecified atom stereocenters. The monoisotopic (exact) mass is 423 g/mol. The number of benzene rings is 1. The molecule has 0 aromatic heterocycles. The molecule has 2 saturated heterocycles. The average molecular weight is 424 g/mol. The van der Waals surface area contributed by atoms with Gasteiger partial charge < -0.3 is 19.7 Å². The molecule has 1 aromatic rings. The van der Waals surface area contributed by atoms with Gasteiger partial charge in [-0.25, -0.2) is 4.79 Å². The molecule has 8 nitrogen and oxygen atoms in total. The summed E-state index contributed by atoms with van der Waals surface area (Å²) in [6.07, 6.45) is 2.47. The van der Waals surface area contributed by atoms with Crippen molar-refractivity contribution in [2.45, 2.75) is 25.7 Å². The standard InChI is InChI=1S/C20H26ClN3O5/c1-28-17-6-5-15(21)11-16(17)22-18(25)7-4-14-3-2-8-23(12-14)19(26)13-24-9-10-29-20(24)27/h5-6,11,14H,2-4,7-10,12-13H2,1H3,(H,22,25). The van der Waals surface area contributed by atoms with E-state index in [2.05, 4.69) is 5.32 Å². The van der Waals surface area contributed by atoms with E-state index in [0.717, 1.165) is 12.8 Å². The van der Waals surface area contributed by atoms with E-state index < -0.39 is 6.09 Å². The molecular weight excluding hydrogens is 398 g/mol. The number of methoxy groups -OCH3 is 1.